The van der Waals surface area contributed by atoms with Gasteiger partial charge in [-0.1, -0.05) is 43.8 Å². The highest BCUT2D eigenvalue weighted by molar-refractivity contribution is 8.00. The van der Waals surface area contributed by atoms with Crippen LogP contribution >= 0.6 is 11.8 Å². The number of hydrogen-bond acceptors (Lipinski definition) is 5. The number of aromatic nitrogens is 3. The molecule has 0 fully saturated rings. The molecular weight excluding hydrogens is 370 g/mol. The number of carbonyl (C=O) groups is 1. The molecule has 28 heavy (non-hydrogen) atoms. The lowest BCUT2D eigenvalue weighted by Crippen LogP contribution is -2.11. The summed E-state index contributed by atoms with van der Waals surface area (Å²) in [4.78, 5) is 11.8. The Kier molecular flexibility index (Phi) is 6.19. The van der Waals surface area contributed by atoms with Crippen molar-refractivity contribution in [3.05, 3.63) is 54.1 Å². The fourth-order valence-corrected chi connectivity index (χ4v) is 3.77. The van der Waals surface area contributed by atoms with Gasteiger partial charge in [0.05, 0.1) is 18.0 Å². The average Bonchev–Trinajstić information content (AvgIpc) is 3.11. The zero-order valence-electron chi connectivity index (χ0n) is 16.8. The van der Waals surface area contributed by atoms with Crippen LogP contribution in [-0.4, -0.2) is 32.9 Å². The van der Waals surface area contributed by atoms with Gasteiger partial charge in [-0.25, -0.2) is 0 Å². The summed E-state index contributed by atoms with van der Waals surface area (Å²) in [5.74, 6) is 1.99. The maximum Gasteiger partial charge on any atom is 0.196 e. The van der Waals surface area contributed by atoms with Crippen molar-refractivity contribution in [1.82, 2.24) is 14.8 Å². The van der Waals surface area contributed by atoms with Gasteiger partial charge < -0.3 is 4.74 Å². The molecule has 3 rings (SSSR count). The first-order valence-electron chi connectivity index (χ1n) is 9.28. The molecule has 0 N–H and O–H groups in total. The summed E-state index contributed by atoms with van der Waals surface area (Å²) in [7, 11) is 1.65. The molecule has 5 nitrogen and oxygen atoms in total. The fraction of sp³-hybridized carbons (Fsp3) is 0.318. The van der Waals surface area contributed by atoms with Gasteiger partial charge in [-0.3, -0.25) is 9.36 Å². The number of hydrogen-bond donors (Lipinski definition) is 0. The van der Waals surface area contributed by atoms with E-state index in [0.29, 0.717) is 11.1 Å². The normalized spacial score (nSPS) is 12.2. The lowest BCUT2D eigenvalue weighted by atomic mass is 10.0. The third kappa shape index (κ3) is 4.12. The third-order valence-corrected chi connectivity index (χ3v) is 5.80. The fourth-order valence-electron chi connectivity index (χ4n) is 2.91. The van der Waals surface area contributed by atoms with Crippen molar-refractivity contribution in [1.29, 1.82) is 0 Å². The Labute approximate surface area is 170 Å². The molecule has 3 aromatic rings. The van der Waals surface area contributed by atoms with Crippen LogP contribution in [0.5, 0.6) is 5.75 Å². The molecule has 1 heterocycles. The van der Waals surface area contributed by atoms with E-state index < -0.39 is 0 Å². The highest BCUT2D eigenvalue weighted by atomic mass is 32.2. The minimum Gasteiger partial charge on any atom is -0.497 e. The van der Waals surface area contributed by atoms with Crippen molar-refractivity contribution in [3.63, 3.8) is 0 Å². The summed E-state index contributed by atoms with van der Waals surface area (Å²) in [5.41, 5.74) is 3.18. The van der Waals surface area contributed by atoms with Gasteiger partial charge in [0.2, 0.25) is 0 Å². The summed E-state index contributed by atoms with van der Waals surface area (Å²) in [6, 6.07) is 16.0. The van der Waals surface area contributed by atoms with Crippen molar-refractivity contribution >= 4 is 17.5 Å². The average molecular weight is 396 g/mol. The summed E-state index contributed by atoms with van der Waals surface area (Å²) < 4.78 is 7.33. The first-order chi connectivity index (χ1) is 13.4. The summed E-state index contributed by atoms with van der Waals surface area (Å²) in [5, 5.41) is 9.41. The monoisotopic (exact) mass is 395 g/mol. The number of methoxy groups -OCH3 is 1. The highest BCUT2D eigenvalue weighted by Gasteiger charge is 2.22. The van der Waals surface area contributed by atoms with Crippen LogP contribution in [0.3, 0.4) is 0 Å². The van der Waals surface area contributed by atoms with Crippen LogP contribution in [0, 0.1) is 0 Å². The van der Waals surface area contributed by atoms with Crippen molar-refractivity contribution < 1.29 is 9.53 Å². The molecule has 0 aliphatic heterocycles. The second kappa shape index (κ2) is 8.61. The minimum atomic E-state index is -0.196. The first kappa shape index (κ1) is 20.1. The van der Waals surface area contributed by atoms with Crippen molar-refractivity contribution in [2.45, 2.75) is 44.0 Å². The topological polar surface area (TPSA) is 57.0 Å². The molecule has 0 bridgehead atoms. The van der Waals surface area contributed by atoms with Crippen LogP contribution in [0.4, 0.5) is 0 Å². The number of ketones is 1. The molecule has 1 unspecified atom stereocenters. The molecule has 0 saturated carbocycles. The van der Waals surface area contributed by atoms with E-state index in [4.69, 9.17) is 4.74 Å². The number of para-hydroxylation sites is 1. The standard InChI is InChI=1S/C22H25N3O2S/c1-14(2)19-8-6-7-9-20(19)25-21(17-10-12-18(27-5)13-11-17)23-24-22(25)28-16(4)15(3)26/h6-14,16H,1-5H3. The van der Waals surface area contributed by atoms with E-state index in [-0.39, 0.29) is 11.0 Å². The number of carbonyl (C=O) groups excluding carboxylic acids is 1. The molecule has 2 aromatic carbocycles. The zero-order chi connectivity index (χ0) is 20.3. The number of thioether (sulfide) groups is 1. The third-order valence-electron chi connectivity index (χ3n) is 4.64. The van der Waals surface area contributed by atoms with Crippen LogP contribution in [0.1, 0.15) is 39.2 Å². The van der Waals surface area contributed by atoms with Crippen LogP contribution in [0.25, 0.3) is 17.1 Å². The molecular formula is C22H25N3O2S. The molecule has 146 valence electrons. The van der Waals surface area contributed by atoms with Gasteiger partial charge >= 0.3 is 0 Å². The quantitative estimate of drug-likeness (QED) is 0.519. The van der Waals surface area contributed by atoms with Crippen LogP contribution in [0.2, 0.25) is 0 Å². The van der Waals surface area contributed by atoms with Gasteiger partial charge in [0.1, 0.15) is 11.5 Å². The van der Waals surface area contributed by atoms with E-state index in [1.54, 1.807) is 14.0 Å². The molecule has 0 saturated heterocycles. The van der Waals surface area contributed by atoms with Gasteiger partial charge in [0, 0.05) is 5.56 Å². The van der Waals surface area contributed by atoms with Crippen molar-refractivity contribution in [3.8, 4) is 22.8 Å². The van der Waals surface area contributed by atoms with E-state index in [0.717, 1.165) is 22.8 Å². The molecule has 0 aliphatic carbocycles. The Hall–Kier alpha value is -2.60. The molecule has 0 amide bonds. The Morgan fingerprint density at radius 1 is 1.04 bits per heavy atom. The largest absolute Gasteiger partial charge is 0.497 e. The van der Waals surface area contributed by atoms with Gasteiger partial charge in [0.15, 0.2) is 11.0 Å². The number of ether oxygens (including phenoxy) is 1. The summed E-state index contributed by atoms with van der Waals surface area (Å²) >= 11 is 1.43. The van der Waals surface area contributed by atoms with Gasteiger partial charge in [-0.05, 0) is 55.7 Å². The van der Waals surface area contributed by atoms with E-state index in [1.807, 2.05) is 43.3 Å². The Morgan fingerprint density at radius 3 is 2.32 bits per heavy atom. The van der Waals surface area contributed by atoms with E-state index >= 15 is 0 Å². The predicted octanol–water partition coefficient (Wildman–Crippen LogP) is 5.14. The lowest BCUT2D eigenvalue weighted by molar-refractivity contribution is -0.116. The highest BCUT2D eigenvalue weighted by Crippen LogP contribution is 2.34. The number of benzene rings is 2. The molecule has 0 radical (unpaired) electrons. The second-order valence-corrected chi connectivity index (χ2v) is 8.26. The number of rotatable bonds is 7. The lowest BCUT2D eigenvalue weighted by Gasteiger charge is -2.17. The first-order valence-corrected chi connectivity index (χ1v) is 10.2. The predicted molar refractivity (Wildman–Crippen MR) is 113 cm³/mol. The molecule has 1 aromatic heterocycles. The van der Waals surface area contributed by atoms with Crippen LogP contribution < -0.4 is 4.74 Å². The van der Waals surface area contributed by atoms with E-state index in [2.05, 4.69) is 40.7 Å². The zero-order valence-corrected chi connectivity index (χ0v) is 17.7. The smallest absolute Gasteiger partial charge is 0.196 e. The van der Waals surface area contributed by atoms with Gasteiger partial charge in [-0.2, -0.15) is 0 Å². The summed E-state index contributed by atoms with van der Waals surface area (Å²) in [6.45, 7) is 7.83. The van der Waals surface area contributed by atoms with E-state index in [9.17, 15) is 4.79 Å². The molecule has 0 aliphatic rings. The molecule has 0 spiro atoms. The van der Waals surface area contributed by atoms with E-state index in [1.165, 1.54) is 17.3 Å². The SMILES string of the molecule is COc1ccc(-c2nnc(SC(C)C(C)=O)n2-c2ccccc2C(C)C)cc1. The maximum atomic E-state index is 11.8. The summed E-state index contributed by atoms with van der Waals surface area (Å²) in [6.07, 6.45) is 0. The number of Topliss-reactive ketones (excluding diaryl/α,β-unsaturated/α-hetero) is 1. The number of nitrogens with zero attached hydrogens (tertiary/aromatic N) is 3. The maximum absolute atomic E-state index is 11.8. The second-order valence-electron chi connectivity index (χ2n) is 6.95. The Morgan fingerprint density at radius 2 is 1.71 bits per heavy atom. The minimum absolute atomic E-state index is 0.114. The molecule has 6 heteroatoms. The van der Waals surface area contributed by atoms with Crippen LogP contribution in [0.15, 0.2) is 53.7 Å². The molecule has 1 atom stereocenters. The van der Waals surface area contributed by atoms with Gasteiger partial charge in [-0.15, -0.1) is 10.2 Å². The van der Waals surface area contributed by atoms with Crippen molar-refractivity contribution in [2.75, 3.05) is 7.11 Å². The van der Waals surface area contributed by atoms with Crippen LogP contribution in [-0.2, 0) is 4.79 Å². The van der Waals surface area contributed by atoms with Gasteiger partial charge in [0.25, 0.3) is 0 Å². The van der Waals surface area contributed by atoms with Crippen molar-refractivity contribution in [2.24, 2.45) is 0 Å². The Balaban J connectivity index is 2.18. The Bertz CT molecular complexity index is 964.